The zero-order chi connectivity index (χ0) is 17.8. The van der Waals surface area contributed by atoms with E-state index in [4.69, 9.17) is 0 Å². The molecule has 0 radical (unpaired) electrons. The van der Waals surface area contributed by atoms with E-state index in [1.165, 1.54) is 11.1 Å². The van der Waals surface area contributed by atoms with Crippen LogP contribution in [0.25, 0.3) is 0 Å². The smallest absolute Gasteiger partial charge is 0.222 e. The van der Waals surface area contributed by atoms with Gasteiger partial charge in [0.15, 0.2) is 0 Å². The summed E-state index contributed by atoms with van der Waals surface area (Å²) in [5.41, 5.74) is 4.50. The lowest BCUT2D eigenvalue weighted by atomic mass is 9.91. The highest BCUT2D eigenvalue weighted by Crippen LogP contribution is 2.28. The monoisotopic (exact) mass is 341 g/mol. The minimum absolute atomic E-state index is 0.243. The number of rotatable bonds is 5. The molecule has 0 unspecified atom stereocenters. The van der Waals surface area contributed by atoms with E-state index in [0.29, 0.717) is 12.3 Å². The van der Waals surface area contributed by atoms with E-state index in [-0.39, 0.29) is 5.91 Å². The summed E-state index contributed by atoms with van der Waals surface area (Å²) >= 11 is 0. The second-order valence-electron chi connectivity index (χ2n) is 6.82. The number of nitrogens with one attached hydrogen (secondary N) is 2. The molecule has 1 saturated heterocycles. The lowest BCUT2D eigenvalue weighted by Crippen LogP contribution is -2.39. The fraction of sp³-hybridized carbons (Fsp3) is 0.526. The summed E-state index contributed by atoms with van der Waals surface area (Å²) in [7, 11) is 1.88. The van der Waals surface area contributed by atoms with Gasteiger partial charge in [-0.3, -0.25) is 9.89 Å². The Hall–Kier alpha value is -2.37. The number of hydrogen-bond donors (Lipinski definition) is 2. The third-order valence-corrected chi connectivity index (χ3v) is 5.16. The van der Waals surface area contributed by atoms with Crippen LogP contribution in [0, 0.1) is 13.8 Å². The summed E-state index contributed by atoms with van der Waals surface area (Å²) in [4.78, 5) is 19.0. The van der Waals surface area contributed by atoms with Crippen LogP contribution in [0.1, 0.15) is 47.7 Å². The van der Waals surface area contributed by atoms with Crippen molar-refractivity contribution >= 4 is 11.7 Å². The number of aromatic amines is 1. The number of pyridine rings is 1. The van der Waals surface area contributed by atoms with Crippen LogP contribution in [0.4, 0.5) is 5.82 Å². The maximum atomic E-state index is 12.7. The molecule has 1 aliphatic rings. The van der Waals surface area contributed by atoms with Crippen LogP contribution in [0.2, 0.25) is 0 Å². The van der Waals surface area contributed by atoms with Crippen LogP contribution in [0.15, 0.2) is 18.3 Å². The molecular formula is C19H27N5O. The largest absolute Gasteiger partial charge is 0.373 e. The number of amides is 1. The van der Waals surface area contributed by atoms with Crippen LogP contribution in [-0.4, -0.2) is 46.1 Å². The van der Waals surface area contributed by atoms with Gasteiger partial charge in [0.05, 0.1) is 5.69 Å². The molecule has 1 atom stereocenters. The van der Waals surface area contributed by atoms with Crippen LogP contribution >= 0.6 is 0 Å². The van der Waals surface area contributed by atoms with E-state index >= 15 is 0 Å². The number of piperidine rings is 1. The highest BCUT2D eigenvalue weighted by molar-refractivity contribution is 5.76. The minimum atomic E-state index is 0.243. The molecule has 0 aliphatic carbocycles. The van der Waals surface area contributed by atoms with Crippen LogP contribution in [-0.2, 0) is 11.2 Å². The van der Waals surface area contributed by atoms with Crippen molar-refractivity contribution in [1.29, 1.82) is 0 Å². The third kappa shape index (κ3) is 4.00. The summed E-state index contributed by atoms with van der Waals surface area (Å²) in [6.07, 6.45) is 5.32. The first kappa shape index (κ1) is 17.5. The number of carbonyl (C=O) groups excluding carboxylic acids is 1. The standard InChI is InChI=1S/C19H27N5O/c1-13-17(14(2)23-22-13)6-7-19(25)24-10-4-5-16(12-24)15-8-9-21-18(11-15)20-3/h8-9,11,16H,4-7,10,12H2,1-3H3,(H,20,21)(H,22,23)/t16-/m1/s1. The molecule has 1 fully saturated rings. The number of anilines is 1. The summed E-state index contributed by atoms with van der Waals surface area (Å²) in [5, 5.41) is 10.3. The van der Waals surface area contributed by atoms with Gasteiger partial charge in [-0.1, -0.05) is 0 Å². The Morgan fingerprint density at radius 1 is 1.44 bits per heavy atom. The highest BCUT2D eigenvalue weighted by atomic mass is 16.2. The second kappa shape index (κ2) is 7.68. The van der Waals surface area contributed by atoms with E-state index in [9.17, 15) is 4.79 Å². The van der Waals surface area contributed by atoms with Gasteiger partial charge in [0, 0.05) is 44.4 Å². The first-order chi connectivity index (χ1) is 12.1. The van der Waals surface area contributed by atoms with Gasteiger partial charge in [0.25, 0.3) is 0 Å². The van der Waals surface area contributed by atoms with Gasteiger partial charge < -0.3 is 10.2 Å². The van der Waals surface area contributed by atoms with Crippen LogP contribution in [0.5, 0.6) is 0 Å². The number of aryl methyl sites for hydroxylation is 2. The van der Waals surface area contributed by atoms with E-state index in [1.807, 2.05) is 32.0 Å². The van der Waals surface area contributed by atoms with E-state index in [2.05, 4.69) is 32.6 Å². The number of aromatic nitrogens is 3. The van der Waals surface area contributed by atoms with Crippen molar-refractivity contribution in [1.82, 2.24) is 20.1 Å². The van der Waals surface area contributed by atoms with E-state index in [1.54, 1.807) is 0 Å². The fourth-order valence-electron chi connectivity index (χ4n) is 3.65. The molecule has 25 heavy (non-hydrogen) atoms. The topological polar surface area (TPSA) is 73.9 Å². The van der Waals surface area contributed by atoms with Crippen molar-refractivity contribution in [2.24, 2.45) is 0 Å². The fourth-order valence-corrected chi connectivity index (χ4v) is 3.65. The number of nitrogens with zero attached hydrogens (tertiary/aromatic N) is 3. The van der Waals surface area contributed by atoms with Crippen LogP contribution in [0.3, 0.4) is 0 Å². The second-order valence-corrected chi connectivity index (χ2v) is 6.82. The van der Waals surface area contributed by atoms with Crippen LogP contribution < -0.4 is 5.32 Å². The van der Waals surface area contributed by atoms with Crippen molar-refractivity contribution in [3.8, 4) is 0 Å². The number of carbonyl (C=O) groups is 1. The average Bonchev–Trinajstić information content (AvgIpc) is 2.97. The molecule has 2 aromatic rings. The van der Waals surface area contributed by atoms with Crippen molar-refractivity contribution in [2.75, 3.05) is 25.5 Å². The Morgan fingerprint density at radius 3 is 3.00 bits per heavy atom. The van der Waals surface area contributed by atoms with Crippen molar-refractivity contribution in [3.05, 3.63) is 40.8 Å². The number of likely N-dealkylation sites (tertiary alicyclic amines) is 1. The molecule has 6 heteroatoms. The highest BCUT2D eigenvalue weighted by Gasteiger charge is 2.25. The molecule has 1 aliphatic heterocycles. The van der Waals surface area contributed by atoms with Gasteiger partial charge in [-0.2, -0.15) is 5.10 Å². The van der Waals surface area contributed by atoms with E-state index in [0.717, 1.165) is 49.6 Å². The zero-order valence-corrected chi connectivity index (χ0v) is 15.3. The van der Waals surface area contributed by atoms with Gasteiger partial charge in [-0.15, -0.1) is 0 Å². The molecule has 3 heterocycles. The van der Waals surface area contributed by atoms with Gasteiger partial charge in [0.2, 0.25) is 5.91 Å². The number of H-pyrrole nitrogens is 1. The van der Waals surface area contributed by atoms with Gasteiger partial charge in [0.1, 0.15) is 5.82 Å². The molecule has 2 N–H and O–H groups in total. The minimum Gasteiger partial charge on any atom is -0.373 e. The van der Waals surface area contributed by atoms with Gasteiger partial charge >= 0.3 is 0 Å². The quantitative estimate of drug-likeness (QED) is 0.877. The summed E-state index contributed by atoms with van der Waals surface area (Å²) < 4.78 is 0. The maximum Gasteiger partial charge on any atom is 0.222 e. The Balaban J connectivity index is 1.61. The predicted molar refractivity (Wildman–Crippen MR) is 98.7 cm³/mol. The third-order valence-electron chi connectivity index (χ3n) is 5.16. The molecule has 0 saturated carbocycles. The van der Waals surface area contributed by atoms with Crippen molar-refractivity contribution in [3.63, 3.8) is 0 Å². The lowest BCUT2D eigenvalue weighted by Gasteiger charge is -2.33. The Morgan fingerprint density at radius 2 is 2.28 bits per heavy atom. The lowest BCUT2D eigenvalue weighted by molar-refractivity contribution is -0.132. The van der Waals surface area contributed by atoms with Gasteiger partial charge in [-0.05, 0) is 56.4 Å². The first-order valence-corrected chi connectivity index (χ1v) is 9.00. The van der Waals surface area contributed by atoms with Gasteiger partial charge in [-0.25, -0.2) is 4.98 Å². The molecule has 0 spiro atoms. The Bertz CT molecular complexity index is 720. The predicted octanol–water partition coefficient (Wildman–Crippen LogP) is 2.80. The molecule has 1 amide bonds. The molecule has 2 aromatic heterocycles. The number of hydrogen-bond acceptors (Lipinski definition) is 4. The zero-order valence-electron chi connectivity index (χ0n) is 15.3. The molecule has 134 valence electrons. The molecular weight excluding hydrogens is 314 g/mol. The molecule has 3 rings (SSSR count). The van der Waals surface area contributed by atoms with E-state index < -0.39 is 0 Å². The Kier molecular flexibility index (Phi) is 5.36. The van der Waals surface area contributed by atoms with Crippen molar-refractivity contribution < 1.29 is 4.79 Å². The molecule has 6 nitrogen and oxygen atoms in total. The summed E-state index contributed by atoms with van der Waals surface area (Å²) in [5.74, 6) is 1.52. The maximum absolute atomic E-state index is 12.7. The average molecular weight is 341 g/mol. The Labute approximate surface area is 149 Å². The first-order valence-electron chi connectivity index (χ1n) is 9.00. The summed E-state index contributed by atoms with van der Waals surface area (Å²) in [6.45, 7) is 5.67. The van der Waals surface area contributed by atoms with Crippen molar-refractivity contribution in [2.45, 2.75) is 45.4 Å². The molecule has 0 bridgehead atoms. The molecule has 0 aromatic carbocycles. The normalized spacial score (nSPS) is 17.6. The SMILES string of the molecule is CNc1cc([C@@H]2CCCN(C(=O)CCc3c(C)n[nH]c3C)C2)ccn1. The summed E-state index contributed by atoms with van der Waals surface area (Å²) in [6, 6.07) is 4.16.